The van der Waals surface area contributed by atoms with Crippen molar-refractivity contribution in [3.8, 4) is 0 Å². The minimum Gasteiger partial charge on any atom is -0.314 e. The summed E-state index contributed by atoms with van der Waals surface area (Å²) in [6.45, 7) is 6.56. The van der Waals surface area contributed by atoms with Gasteiger partial charge in [0.1, 0.15) is 0 Å². The van der Waals surface area contributed by atoms with Gasteiger partial charge in [-0.25, -0.2) is 0 Å². The van der Waals surface area contributed by atoms with Gasteiger partial charge >= 0.3 is 0 Å². The summed E-state index contributed by atoms with van der Waals surface area (Å²) in [4.78, 5) is 0. The third-order valence-electron chi connectivity index (χ3n) is 2.34. The van der Waals surface area contributed by atoms with Crippen LogP contribution in [-0.4, -0.2) is 33.1 Å². The van der Waals surface area contributed by atoms with Crippen molar-refractivity contribution in [1.82, 2.24) is 14.8 Å². The molecule has 2 unspecified atom stereocenters. The zero-order chi connectivity index (χ0) is 11.5. The fourth-order valence-corrected chi connectivity index (χ4v) is 3.14. The molecule has 2 atom stereocenters. The van der Waals surface area contributed by atoms with Crippen molar-refractivity contribution in [2.45, 2.75) is 51.7 Å². The molecule has 0 saturated carbocycles. The van der Waals surface area contributed by atoms with E-state index in [0.29, 0.717) is 6.04 Å². The second-order valence-corrected chi connectivity index (χ2v) is 5.95. The van der Waals surface area contributed by atoms with Gasteiger partial charge in [0.15, 0.2) is 0 Å². The second kappa shape index (κ2) is 5.25. The fraction of sp³-hybridized carbons (Fsp3) is 1.00. The quantitative estimate of drug-likeness (QED) is 0.640. The van der Waals surface area contributed by atoms with E-state index in [9.17, 15) is 8.42 Å². The van der Waals surface area contributed by atoms with Gasteiger partial charge in [0, 0.05) is 18.1 Å². The molecule has 1 aliphatic rings. The molecular formula is C9H21N3O2S. The predicted molar refractivity (Wildman–Crippen MR) is 60.8 cm³/mol. The van der Waals surface area contributed by atoms with Crippen molar-refractivity contribution in [1.29, 1.82) is 0 Å². The molecule has 3 N–H and O–H groups in total. The number of nitrogens with one attached hydrogen (secondary N) is 3. The van der Waals surface area contributed by atoms with Gasteiger partial charge in [0.25, 0.3) is 10.2 Å². The first-order valence-electron chi connectivity index (χ1n) is 5.42. The van der Waals surface area contributed by atoms with Crippen LogP contribution in [0.3, 0.4) is 0 Å². The summed E-state index contributed by atoms with van der Waals surface area (Å²) in [7, 11) is -3.33. The van der Waals surface area contributed by atoms with Gasteiger partial charge in [-0.1, -0.05) is 0 Å². The van der Waals surface area contributed by atoms with Gasteiger partial charge in [-0.15, -0.1) is 0 Å². The monoisotopic (exact) mass is 235 g/mol. The summed E-state index contributed by atoms with van der Waals surface area (Å²) in [6.07, 6.45) is 1.70. The molecule has 15 heavy (non-hydrogen) atoms. The number of hydrogen-bond donors (Lipinski definition) is 3. The summed E-state index contributed by atoms with van der Waals surface area (Å²) < 4.78 is 28.3. The van der Waals surface area contributed by atoms with Crippen LogP contribution in [0, 0.1) is 0 Å². The van der Waals surface area contributed by atoms with Crippen molar-refractivity contribution in [2.24, 2.45) is 0 Å². The first-order chi connectivity index (χ1) is 6.89. The maximum absolute atomic E-state index is 11.6. The van der Waals surface area contributed by atoms with E-state index in [4.69, 9.17) is 0 Å². The van der Waals surface area contributed by atoms with E-state index in [1.54, 1.807) is 0 Å². The van der Waals surface area contributed by atoms with Crippen molar-refractivity contribution < 1.29 is 8.42 Å². The van der Waals surface area contributed by atoms with Gasteiger partial charge < -0.3 is 5.32 Å². The zero-order valence-corrected chi connectivity index (χ0v) is 10.4. The number of rotatable bonds is 4. The smallest absolute Gasteiger partial charge is 0.277 e. The summed E-state index contributed by atoms with van der Waals surface area (Å²) in [5, 5.41) is 3.28. The Hall–Kier alpha value is -0.170. The van der Waals surface area contributed by atoms with E-state index in [0.717, 1.165) is 19.4 Å². The van der Waals surface area contributed by atoms with E-state index in [-0.39, 0.29) is 12.1 Å². The molecule has 0 bridgehead atoms. The number of piperidine rings is 1. The SMILES string of the molecule is CC(C)NS(=O)(=O)NC1CCNC(C)C1. The Morgan fingerprint density at radius 3 is 2.60 bits per heavy atom. The van der Waals surface area contributed by atoms with E-state index < -0.39 is 10.2 Å². The normalized spacial score (nSPS) is 28.3. The van der Waals surface area contributed by atoms with E-state index >= 15 is 0 Å². The Labute approximate surface area is 92.2 Å². The topological polar surface area (TPSA) is 70.2 Å². The Kier molecular flexibility index (Phi) is 4.51. The molecular weight excluding hydrogens is 214 g/mol. The van der Waals surface area contributed by atoms with Crippen molar-refractivity contribution >= 4 is 10.2 Å². The van der Waals surface area contributed by atoms with Crippen LogP contribution in [0.2, 0.25) is 0 Å². The lowest BCUT2D eigenvalue weighted by Gasteiger charge is -2.28. The summed E-state index contributed by atoms with van der Waals surface area (Å²) in [6, 6.07) is 0.365. The Morgan fingerprint density at radius 2 is 2.07 bits per heavy atom. The third kappa shape index (κ3) is 4.92. The standard InChI is InChI=1S/C9H21N3O2S/c1-7(2)11-15(13,14)12-9-4-5-10-8(3)6-9/h7-12H,4-6H2,1-3H3. The Balaban J connectivity index is 2.46. The van der Waals surface area contributed by atoms with Crippen molar-refractivity contribution in [3.05, 3.63) is 0 Å². The molecule has 0 aromatic heterocycles. The maximum Gasteiger partial charge on any atom is 0.277 e. The van der Waals surface area contributed by atoms with Crippen LogP contribution in [0.5, 0.6) is 0 Å². The molecule has 0 aromatic rings. The lowest BCUT2D eigenvalue weighted by Crippen LogP contribution is -2.50. The molecule has 5 nitrogen and oxygen atoms in total. The van der Waals surface area contributed by atoms with Crippen LogP contribution in [0.4, 0.5) is 0 Å². The van der Waals surface area contributed by atoms with Gasteiger partial charge in [-0.05, 0) is 40.2 Å². The van der Waals surface area contributed by atoms with Gasteiger partial charge in [0.05, 0.1) is 0 Å². The van der Waals surface area contributed by atoms with Crippen LogP contribution < -0.4 is 14.8 Å². The highest BCUT2D eigenvalue weighted by atomic mass is 32.2. The highest BCUT2D eigenvalue weighted by Gasteiger charge is 2.23. The van der Waals surface area contributed by atoms with Crippen LogP contribution in [0.15, 0.2) is 0 Å². The van der Waals surface area contributed by atoms with E-state index in [1.165, 1.54) is 0 Å². The fourth-order valence-electron chi connectivity index (χ4n) is 1.80. The molecule has 1 rings (SSSR count). The third-order valence-corrected chi connectivity index (χ3v) is 3.76. The van der Waals surface area contributed by atoms with Crippen LogP contribution in [-0.2, 0) is 10.2 Å². The highest BCUT2D eigenvalue weighted by molar-refractivity contribution is 7.87. The molecule has 1 aliphatic heterocycles. The zero-order valence-electron chi connectivity index (χ0n) is 9.58. The first kappa shape index (κ1) is 12.9. The van der Waals surface area contributed by atoms with Gasteiger partial charge in [-0.3, -0.25) is 0 Å². The molecule has 1 saturated heterocycles. The maximum atomic E-state index is 11.6. The van der Waals surface area contributed by atoms with Gasteiger partial charge in [-0.2, -0.15) is 17.9 Å². The first-order valence-corrected chi connectivity index (χ1v) is 6.90. The van der Waals surface area contributed by atoms with Crippen LogP contribution >= 0.6 is 0 Å². The van der Waals surface area contributed by atoms with Crippen molar-refractivity contribution in [2.75, 3.05) is 6.54 Å². The lowest BCUT2D eigenvalue weighted by atomic mass is 10.0. The Bertz CT molecular complexity index is 290. The number of hydrogen-bond acceptors (Lipinski definition) is 3. The molecule has 0 aliphatic carbocycles. The van der Waals surface area contributed by atoms with E-state index in [1.807, 2.05) is 13.8 Å². The average molecular weight is 235 g/mol. The lowest BCUT2D eigenvalue weighted by molar-refractivity contribution is 0.360. The predicted octanol–water partition coefficient (Wildman–Crippen LogP) is -0.0407. The second-order valence-electron chi connectivity index (χ2n) is 4.47. The largest absolute Gasteiger partial charge is 0.314 e. The summed E-state index contributed by atoms with van der Waals surface area (Å²) in [5.74, 6) is 0. The summed E-state index contributed by atoms with van der Waals surface area (Å²) in [5.41, 5.74) is 0. The molecule has 6 heteroatoms. The average Bonchev–Trinajstić information content (AvgIpc) is 1.99. The summed E-state index contributed by atoms with van der Waals surface area (Å²) >= 11 is 0. The van der Waals surface area contributed by atoms with E-state index in [2.05, 4.69) is 21.7 Å². The van der Waals surface area contributed by atoms with Crippen molar-refractivity contribution in [3.63, 3.8) is 0 Å². The molecule has 0 radical (unpaired) electrons. The molecule has 0 aromatic carbocycles. The van der Waals surface area contributed by atoms with Crippen LogP contribution in [0.25, 0.3) is 0 Å². The molecule has 0 spiro atoms. The molecule has 1 heterocycles. The molecule has 0 amide bonds. The highest BCUT2D eigenvalue weighted by Crippen LogP contribution is 2.08. The van der Waals surface area contributed by atoms with Crippen LogP contribution in [0.1, 0.15) is 33.6 Å². The minimum atomic E-state index is -3.33. The molecule has 90 valence electrons. The Morgan fingerprint density at radius 1 is 1.40 bits per heavy atom. The minimum absolute atomic E-state index is 0.0532. The van der Waals surface area contributed by atoms with Gasteiger partial charge in [0.2, 0.25) is 0 Å². The molecule has 1 fully saturated rings.